The number of anilines is 1. The minimum absolute atomic E-state index is 0.0611. The average molecular weight is 291 g/mol. The van der Waals surface area contributed by atoms with Crippen molar-refractivity contribution in [2.24, 2.45) is 0 Å². The van der Waals surface area contributed by atoms with Crippen molar-refractivity contribution in [3.63, 3.8) is 0 Å². The van der Waals surface area contributed by atoms with Gasteiger partial charge in [0.1, 0.15) is 11.5 Å². The highest BCUT2D eigenvalue weighted by Crippen LogP contribution is 2.29. The highest BCUT2D eigenvalue weighted by atomic mass is 16.3. The van der Waals surface area contributed by atoms with Crippen molar-refractivity contribution in [1.82, 2.24) is 0 Å². The summed E-state index contributed by atoms with van der Waals surface area (Å²) in [6.07, 6.45) is 0. The maximum absolute atomic E-state index is 9.86. The lowest BCUT2D eigenvalue weighted by atomic mass is 10.0. The molecule has 0 heterocycles. The van der Waals surface area contributed by atoms with Crippen LogP contribution in [-0.2, 0) is 6.54 Å². The van der Waals surface area contributed by atoms with Gasteiger partial charge in [-0.25, -0.2) is 0 Å². The zero-order valence-corrected chi connectivity index (χ0v) is 12.0. The zero-order chi connectivity index (χ0) is 15.4. The van der Waals surface area contributed by atoms with Crippen molar-refractivity contribution in [2.45, 2.75) is 6.54 Å². The molecule has 3 rings (SSSR count). The monoisotopic (exact) mass is 291 g/mol. The van der Waals surface area contributed by atoms with Gasteiger partial charge >= 0.3 is 0 Å². The summed E-state index contributed by atoms with van der Waals surface area (Å²) >= 11 is 0. The molecule has 0 aliphatic carbocycles. The van der Waals surface area contributed by atoms with E-state index in [4.69, 9.17) is 0 Å². The van der Waals surface area contributed by atoms with Crippen LogP contribution in [0.1, 0.15) is 5.56 Å². The topological polar surface area (TPSA) is 52.5 Å². The molecule has 0 unspecified atom stereocenters. The van der Waals surface area contributed by atoms with Crippen molar-refractivity contribution in [1.29, 1.82) is 0 Å². The molecule has 0 saturated carbocycles. The number of hydrogen-bond acceptors (Lipinski definition) is 3. The van der Waals surface area contributed by atoms with Gasteiger partial charge in [-0.15, -0.1) is 0 Å². The van der Waals surface area contributed by atoms with Gasteiger partial charge in [-0.05, 0) is 23.8 Å². The first-order valence-electron chi connectivity index (χ1n) is 7.13. The Balaban J connectivity index is 1.84. The van der Waals surface area contributed by atoms with Crippen LogP contribution >= 0.6 is 0 Å². The number of phenolic OH excluding ortho intramolecular Hbond substituents is 2. The molecule has 3 aromatic carbocycles. The molecule has 0 amide bonds. The second-order valence-electron chi connectivity index (χ2n) is 5.08. The van der Waals surface area contributed by atoms with E-state index in [2.05, 4.69) is 23.5 Å². The molecule has 3 aromatic rings. The number of hydrogen-bond donors (Lipinski definition) is 3. The summed E-state index contributed by atoms with van der Waals surface area (Å²) in [5, 5.41) is 22.5. The van der Waals surface area contributed by atoms with Gasteiger partial charge in [-0.1, -0.05) is 48.5 Å². The third kappa shape index (κ3) is 3.04. The lowest BCUT2D eigenvalue weighted by molar-refractivity contribution is 0.446. The van der Waals surface area contributed by atoms with Crippen LogP contribution in [0, 0.1) is 0 Å². The third-order valence-corrected chi connectivity index (χ3v) is 3.55. The van der Waals surface area contributed by atoms with E-state index >= 15 is 0 Å². The van der Waals surface area contributed by atoms with Gasteiger partial charge in [0.25, 0.3) is 0 Å². The Bertz CT molecular complexity index is 769. The standard InChI is InChI=1S/C19H17NO2/c21-16-11-10-15(19(22)12-16)13-20-18-9-5-4-8-17(18)14-6-2-1-3-7-14/h1-12,20-22H,13H2. The van der Waals surface area contributed by atoms with Crippen LogP contribution in [0.3, 0.4) is 0 Å². The average Bonchev–Trinajstić information content (AvgIpc) is 2.55. The molecular weight excluding hydrogens is 274 g/mol. The van der Waals surface area contributed by atoms with Crippen LogP contribution in [0.4, 0.5) is 5.69 Å². The summed E-state index contributed by atoms with van der Waals surface area (Å²) in [7, 11) is 0. The Kier molecular flexibility index (Phi) is 3.97. The van der Waals surface area contributed by atoms with E-state index in [-0.39, 0.29) is 11.5 Å². The van der Waals surface area contributed by atoms with Gasteiger partial charge in [0.2, 0.25) is 0 Å². The molecule has 0 fully saturated rings. The maximum Gasteiger partial charge on any atom is 0.124 e. The fourth-order valence-electron chi connectivity index (χ4n) is 2.40. The van der Waals surface area contributed by atoms with Crippen LogP contribution in [0.2, 0.25) is 0 Å². The van der Waals surface area contributed by atoms with Crippen molar-refractivity contribution in [2.75, 3.05) is 5.32 Å². The molecule has 110 valence electrons. The highest BCUT2D eigenvalue weighted by molar-refractivity contribution is 5.77. The Morgan fingerprint density at radius 1 is 0.773 bits per heavy atom. The van der Waals surface area contributed by atoms with Crippen molar-refractivity contribution in [3.8, 4) is 22.6 Å². The van der Waals surface area contributed by atoms with Gasteiger partial charge < -0.3 is 15.5 Å². The molecule has 22 heavy (non-hydrogen) atoms. The maximum atomic E-state index is 9.86. The largest absolute Gasteiger partial charge is 0.508 e. The van der Waals surface area contributed by atoms with Crippen LogP contribution < -0.4 is 5.32 Å². The molecule has 0 aliphatic heterocycles. The number of aromatic hydroxyl groups is 2. The molecule has 0 aromatic heterocycles. The second kappa shape index (κ2) is 6.22. The van der Waals surface area contributed by atoms with Crippen molar-refractivity contribution < 1.29 is 10.2 Å². The first-order valence-corrected chi connectivity index (χ1v) is 7.13. The molecule has 0 aliphatic rings. The summed E-state index contributed by atoms with van der Waals surface area (Å²) in [5.41, 5.74) is 3.99. The van der Waals surface area contributed by atoms with E-state index in [1.807, 2.05) is 36.4 Å². The predicted molar refractivity (Wildman–Crippen MR) is 89.0 cm³/mol. The molecule has 0 bridgehead atoms. The van der Waals surface area contributed by atoms with Crippen LogP contribution in [-0.4, -0.2) is 10.2 Å². The van der Waals surface area contributed by atoms with Crippen LogP contribution in [0.25, 0.3) is 11.1 Å². The van der Waals surface area contributed by atoms with Crippen LogP contribution in [0.5, 0.6) is 11.5 Å². The Morgan fingerprint density at radius 3 is 2.27 bits per heavy atom. The van der Waals surface area contributed by atoms with Gasteiger partial charge in [-0.3, -0.25) is 0 Å². The highest BCUT2D eigenvalue weighted by Gasteiger charge is 2.06. The van der Waals surface area contributed by atoms with Gasteiger partial charge in [0.15, 0.2) is 0 Å². The van der Waals surface area contributed by atoms with Gasteiger partial charge in [0, 0.05) is 29.4 Å². The number of para-hydroxylation sites is 1. The number of rotatable bonds is 4. The fourth-order valence-corrected chi connectivity index (χ4v) is 2.40. The van der Waals surface area contributed by atoms with E-state index in [1.54, 1.807) is 12.1 Å². The van der Waals surface area contributed by atoms with E-state index in [0.717, 1.165) is 22.4 Å². The lowest BCUT2D eigenvalue weighted by Gasteiger charge is -2.13. The molecule has 0 saturated heterocycles. The molecule has 3 N–H and O–H groups in total. The summed E-state index contributed by atoms with van der Waals surface area (Å²) in [6.45, 7) is 0.482. The molecule has 3 heteroatoms. The minimum atomic E-state index is 0.0611. The molecule has 0 spiro atoms. The number of phenols is 2. The third-order valence-electron chi connectivity index (χ3n) is 3.55. The Hall–Kier alpha value is -2.94. The molecule has 3 nitrogen and oxygen atoms in total. The predicted octanol–water partition coefficient (Wildman–Crippen LogP) is 4.38. The van der Waals surface area contributed by atoms with E-state index in [1.165, 1.54) is 6.07 Å². The Morgan fingerprint density at radius 2 is 1.50 bits per heavy atom. The van der Waals surface area contributed by atoms with E-state index in [9.17, 15) is 10.2 Å². The summed E-state index contributed by atoms with van der Waals surface area (Å²) in [4.78, 5) is 0. The summed E-state index contributed by atoms with van der Waals surface area (Å²) in [5.74, 6) is 0.149. The van der Waals surface area contributed by atoms with Gasteiger partial charge in [0.05, 0.1) is 0 Å². The number of nitrogens with one attached hydrogen (secondary N) is 1. The summed E-state index contributed by atoms with van der Waals surface area (Å²) < 4.78 is 0. The fraction of sp³-hybridized carbons (Fsp3) is 0.0526. The smallest absolute Gasteiger partial charge is 0.124 e. The minimum Gasteiger partial charge on any atom is -0.508 e. The lowest BCUT2D eigenvalue weighted by Crippen LogP contribution is -2.01. The zero-order valence-electron chi connectivity index (χ0n) is 12.0. The van der Waals surface area contributed by atoms with Crippen molar-refractivity contribution >= 4 is 5.69 Å². The van der Waals surface area contributed by atoms with Crippen LogP contribution in [0.15, 0.2) is 72.8 Å². The number of benzene rings is 3. The first kappa shape index (κ1) is 14.0. The van der Waals surface area contributed by atoms with E-state index in [0.29, 0.717) is 6.54 Å². The molecule has 0 atom stereocenters. The second-order valence-corrected chi connectivity index (χ2v) is 5.08. The molecule has 0 radical (unpaired) electrons. The van der Waals surface area contributed by atoms with Gasteiger partial charge in [-0.2, -0.15) is 0 Å². The quantitative estimate of drug-likeness (QED) is 0.668. The van der Waals surface area contributed by atoms with E-state index < -0.39 is 0 Å². The summed E-state index contributed by atoms with van der Waals surface area (Å²) in [6, 6.07) is 22.8. The Labute approximate surface area is 129 Å². The SMILES string of the molecule is Oc1ccc(CNc2ccccc2-c2ccccc2)c(O)c1. The molecular formula is C19H17NO2. The van der Waals surface area contributed by atoms with Crippen molar-refractivity contribution in [3.05, 3.63) is 78.4 Å². The normalized spacial score (nSPS) is 10.4. The first-order chi connectivity index (χ1) is 10.7.